The van der Waals surface area contributed by atoms with Gasteiger partial charge in [-0.15, -0.1) is 0 Å². The quantitative estimate of drug-likeness (QED) is 0.881. The summed E-state index contributed by atoms with van der Waals surface area (Å²) in [5, 5.41) is 11.6. The second kappa shape index (κ2) is 5.95. The van der Waals surface area contributed by atoms with Crippen molar-refractivity contribution in [2.45, 2.75) is 6.42 Å². The Balaban J connectivity index is 2.51. The van der Waals surface area contributed by atoms with Crippen LogP contribution in [0.25, 0.3) is 0 Å². The van der Waals surface area contributed by atoms with Gasteiger partial charge >= 0.3 is 5.97 Å². The molecule has 0 unspecified atom stereocenters. The summed E-state index contributed by atoms with van der Waals surface area (Å²) in [7, 11) is 0. The lowest BCUT2D eigenvalue weighted by atomic mass is 10.1. The summed E-state index contributed by atoms with van der Waals surface area (Å²) in [5.74, 6) is -0.990. The molecule has 19 heavy (non-hydrogen) atoms. The summed E-state index contributed by atoms with van der Waals surface area (Å²) >= 11 is 12.1. The molecule has 0 atom stereocenters. The van der Waals surface area contributed by atoms with Crippen molar-refractivity contribution in [1.29, 1.82) is 0 Å². The molecule has 0 aromatic heterocycles. The number of para-hydroxylation sites is 2. The second-order valence-corrected chi connectivity index (χ2v) is 4.49. The molecule has 2 aromatic carbocycles. The van der Waals surface area contributed by atoms with E-state index in [1.165, 1.54) is 0 Å². The first kappa shape index (κ1) is 10.1. The van der Waals surface area contributed by atoms with Crippen LogP contribution in [0.4, 0.5) is 11.4 Å². The summed E-state index contributed by atoms with van der Waals surface area (Å²) in [4.78, 5) is 10.9. The monoisotopic (exact) mass is 298 g/mol. The first-order valence-electron chi connectivity index (χ1n) is 6.84. The zero-order chi connectivity index (χ0) is 16.4. The molecular weight excluding hydrogens is 285 g/mol. The van der Waals surface area contributed by atoms with Gasteiger partial charge in [0.25, 0.3) is 0 Å². The van der Waals surface area contributed by atoms with Crippen molar-refractivity contribution in [3.8, 4) is 0 Å². The van der Waals surface area contributed by atoms with Crippen LogP contribution in [-0.4, -0.2) is 11.1 Å². The average molecular weight is 299 g/mol. The van der Waals surface area contributed by atoms with E-state index in [-0.39, 0.29) is 40.3 Å². The predicted molar refractivity (Wildman–Crippen MR) is 77.5 cm³/mol. The Labute approximate surface area is 125 Å². The van der Waals surface area contributed by atoms with E-state index >= 15 is 0 Å². The number of nitrogens with one attached hydrogen (secondary N) is 1. The number of anilines is 2. The van der Waals surface area contributed by atoms with Crippen molar-refractivity contribution in [3.63, 3.8) is 0 Å². The predicted octanol–water partition coefficient (Wildman–Crippen LogP) is 4.36. The maximum atomic E-state index is 10.9. The molecule has 0 spiro atoms. The van der Waals surface area contributed by atoms with Crippen molar-refractivity contribution < 1.29 is 14.0 Å². The zero-order valence-electron chi connectivity index (χ0n) is 12.6. The Bertz CT molecular complexity index is 724. The molecular formula is C14H11Cl2NO2. The maximum Gasteiger partial charge on any atom is 0.307 e. The minimum Gasteiger partial charge on any atom is -0.481 e. The van der Waals surface area contributed by atoms with Crippen LogP contribution in [0, 0.1) is 0 Å². The summed E-state index contributed by atoms with van der Waals surface area (Å²) in [6.45, 7) is 0. The van der Waals surface area contributed by atoms with Gasteiger partial charge in [0.05, 0.1) is 26.3 Å². The molecule has 0 radical (unpaired) electrons. The number of carboxylic acid groups (broad SMARTS) is 1. The molecule has 98 valence electrons. The van der Waals surface area contributed by atoms with Crippen LogP contribution in [0.2, 0.25) is 10.0 Å². The van der Waals surface area contributed by atoms with Crippen LogP contribution in [0.1, 0.15) is 9.68 Å². The van der Waals surface area contributed by atoms with Gasteiger partial charge in [0.2, 0.25) is 0 Å². The van der Waals surface area contributed by atoms with E-state index in [0.717, 1.165) is 0 Å². The topological polar surface area (TPSA) is 49.3 Å². The Hall–Kier alpha value is -1.71. The summed E-state index contributed by atoms with van der Waals surface area (Å²) < 4.78 is 23.0. The van der Waals surface area contributed by atoms with Gasteiger partial charge in [0.1, 0.15) is 0 Å². The van der Waals surface area contributed by atoms with Crippen molar-refractivity contribution in [2.75, 3.05) is 5.32 Å². The molecule has 0 bridgehead atoms. The number of rotatable bonds is 4. The third kappa shape index (κ3) is 3.40. The van der Waals surface area contributed by atoms with Gasteiger partial charge in [0.15, 0.2) is 0 Å². The number of carboxylic acids is 1. The Kier molecular flexibility index (Phi) is 3.17. The van der Waals surface area contributed by atoms with Crippen LogP contribution in [-0.2, 0) is 11.2 Å². The fraction of sp³-hybridized carbons (Fsp3) is 0.0714. The lowest BCUT2D eigenvalue weighted by molar-refractivity contribution is -0.136. The van der Waals surface area contributed by atoms with E-state index in [1.807, 2.05) is 0 Å². The van der Waals surface area contributed by atoms with E-state index < -0.39 is 5.97 Å². The largest absolute Gasteiger partial charge is 0.481 e. The number of halogens is 2. The van der Waals surface area contributed by atoms with Crippen LogP contribution < -0.4 is 5.32 Å². The van der Waals surface area contributed by atoms with Crippen LogP contribution in [0.3, 0.4) is 0 Å². The Morgan fingerprint density at radius 2 is 1.89 bits per heavy atom. The van der Waals surface area contributed by atoms with Crippen molar-refractivity contribution in [1.82, 2.24) is 0 Å². The highest BCUT2D eigenvalue weighted by Gasteiger charge is 2.10. The molecule has 2 N–H and O–H groups in total. The SMILES string of the molecule is [2H]c1c([2H])c(Cl)c(Nc2ccccc2CC(=O)O)c(Cl)c1[2H]. The normalized spacial score (nSPS) is 12.4. The van der Waals surface area contributed by atoms with E-state index in [9.17, 15) is 4.79 Å². The number of benzene rings is 2. The van der Waals surface area contributed by atoms with Gasteiger partial charge in [-0.1, -0.05) is 47.4 Å². The number of carbonyl (C=O) groups is 1. The Morgan fingerprint density at radius 3 is 2.53 bits per heavy atom. The molecule has 0 saturated heterocycles. The summed E-state index contributed by atoms with van der Waals surface area (Å²) in [6, 6.07) is 5.71. The molecule has 0 saturated carbocycles. The highest BCUT2D eigenvalue weighted by molar-refractivity contribution is 6.39. The van der Waals surface area contributed by atoms with E-state index in [1.54, 1.807) is 24.3 Å². The van der Waals surface area contributed by atoms with Crippen LogP contribution >= 0.6 is 23.2 Å². The highest BCUT2D eigenvalue weighted by Crippen LogP contribution is 2.33. The van der Waals surface area contributed by atoms with Gasteiger partial charge in [-0.3, -0.25) is 4.79 Å². The second-order valence-electron chi connectivity index (χ2n) is 3.73. The van der Waals surface area contributed by atoms with Gasteiger partial charge in [0, 0.05) is 5.69 Å². The van der Waals surface area contributed by atoms with E-state index in [4.69, 9.17) is 32.4 Å². The van der Waals surface area contributed by atoms with Gasteiger partial charge in [-0.2, -0.15) is 0 Å². The van der Waals surface area contributed by atoms with Crippen LogP contribution in [0.15, 0.2) is 42.4 Å². The molecule has 5 heteroatoms. The number of hydrogen-bond donors (Lipinski definition) is 2. The number of hydrogen-bond acceptors (Lipinski definition) is 2. The minimum absolute atomic E-state index is 0.0869. The highest BCUT2D eigenvalue weighted by atomic mass is 35.5. The standard InChI is InChI=1S/C14H11Cl2NO2/c15-10-5-3-6-11(16)14(10)17-12-7-2-1-4-9(12)8-13(18)19/h1-7,17H,8H2,(H,18,19)/i3D,5D,6D. The molecule has 0 heterocycles. The summed E-state index contributed by atoms with van der Waals surface area (Å²) in [5.41, 5.74) is 1.09. The molecule has 2 rings (SSSR count). The molecule has 0 amide bonds. The smallest absolute Gasteiger partial charge is 0.307 e. The van der Waals surface area contributed by atoms with Crippen LogP contribution in [0.5, 0.6) is 0 Å². The average Bonchev–Trinajstić information content (AvgIpc) is 2.48. The van der Waals surface area contributed by atoms with Crippen molar-refractivity contribution in [2.24, 2.45) is 0 Å². The molecule has 0 aliphatic heterocycles. The van der Waals surface area contributed by atoms with E-state index in [2.05, 4.69) is 5.32 Å². The molecule has 0 fully saturated rings. The van der Waals surface area contributed by atoms with Crippen molar-refractivity contribution in [3.05, 3.63) is 58.0 Å². The molecule has 3 nitrogen and oxygen atoms in total. The fourth-order valence-corrected chi connectivity index (χ4v) is 1.99. The molecule has 0 aliphatic rings. The fourth-order valence-electron chi connectivity index (χ4n) is 1.57. The lowest BCUT2D eigenvalue weighted by Crippen LogP contribution is -2.04. The Morgan fingerprint density at radius 1 is 1.26 bits per heavy atom. The third-order valence-electron chi connectivity index (χ3n) is 2.40. The third-order valence-corrected chi connectivity index (χ3v) is 2.97. The number of aliphatic carboxylic acids is 1. The first-order valence-corrected chi connectivity index (χ1v) is 6.10. The lowest BCUT2D eigenvalue weighted by Gasteiger charge is -2.13. The maximum absolute atomic E-state index is 10.9. The first-order chi connectivity index (χ1) is 10.3. The van der Waals surface area contributed by atoms with Gasteiger partial charge in [-0.05, 0) is 23.7 Å². The minimum atomic E-state index is -0.990. The molecule has 2 aromatic rings. The summed E-state index contributed by atoms with van der Waals surface area (Å²) in [6.07, 6.45) is -0.198. The zero-order valence-corrected chi connectivity index (χ0v) is 11.1. The van der Waals surface area contributed by atoms with Gasteiger partial charge < -0.3 is 10.4 Å². The van der Waals surface area contributed by atoms with Gasteiger partial charge in [-0.25, -0.2) is 0 Å². The molecule has 0 aliphatic carbocycles. The van der Waals surface area contributed by atoms with E-state index in [0.29, 0.717) is 11.3 Å². The van der Waals surface area contributed by atoms with Crippen molar-refractivity contribution >= 4 is 40.5 Å².